The standard InChI is InChI=1S/C30H36NSi/c1-21(2)26-17-22(3)23(4)29(19-26)30-28-14-13-27(18-25(28)15-16-31(30)5)32(6,7)20-24-11-9-8-10-12-24/h8-19,21H,20H2,1-7H3/q+1. The Morgan fingerprint density at radius 3 is 2.28 bits per heavy atom. The van der Waals surface area contributed by atoms with E-state index in [-0.39, 0.29) is 0 Å². The Hall–Kier alpha value is -2.71. The van der Waals surface area contributed by atoms with Gasteiger partial charge >= 0.3 is 0 Å². The Morgan fingerprint density at radius 2 is 1.59 bits per heavy atom. The first-order chi connectivity index (χ1) is 15.2. The Labute approximate surface area is 194 Å². The zero-order valence-electron chi connectivity index (χ0n) is 20.7. The fourth-order valence-electron chi connectivity index (χ4n) is 4.80. The van der Waals surface area contributed by atoms with Gasteiger partial charge in [0.05, 0.1) is 19.0 Å². The lowest BCUT2D eigenvalue weighted by molar-refractivity contribution is -0.659. The quantitative estimate of drug-likeness (QED) is 0.239. The number of hydrogen-bond acceptors (Lipinski definition) is 0. The molecule has 0 bridgehead atoms. The minimum atomic E-state index is -1.60. The summed E-state index contributed by atoms with van der Waals surface area (Å²) in [6.45, 7) is 14.0. The van der Waals surface area contributed by atoms with Crippen LogP contribution in [0.15, 0.2) is 72.9 Å². The van der Waals surface area contributed by atoms with Gasteiger partial charge in [-0.15, -0.1) is 0 Å². The van der Waals surface area contributed by atoms with Crippen molar-refractivity contribution in [1.29, 1.82) is 0 Å². The van der Waals surface area contributed by atoms with Gasteiger partial charge in [-0.2, -0.15) is 0 Å². The maximum absolute atomic E-state index is 2.49. The molecule has 0 N–H and O–H groups in total. The fourth-order valence-corrected chi connectivity index (χ4v) is 7.34. The van der Waals surface area contributed by atoms with E-state index in [0.717, 1.165) is 0 Å². The molecule has 0 spiro atoms. The second-order valence-electron chi connectivity index (χ2n) is 10.3. The monoisotopic (exact) mass is 438 g/mol. The van der Waals surface area contributed by atoms with Crippen molar-refractivity contribution in [2.75, 3.05) is 0 Å². The van der Waals surface area contributed by atoms with Crippen LogP contribution in [0, 0.1) is 13.8 Å². The zero-order valence-corrected chi connectivity index (χ0v) is 21.7. The van der Waals surface area contributed by atoms with Crippen molar-refractivity contribution in [3.8, 4) is 11.3 Å². The molecule has 2 heteroatoms. The Kier molecular flexibility index (Phi) is 6.09. The number of fused-ring (bicyclic) bond motifs is 1. The summed E-state index contributed by atoms with van der Waals surface area (Å²) >= 11 is 0. The smallest absolute Gasteiger partial charge is 0.200 e. The number of nitrogens with zero attached hydrogens (tertiary/aromatic N) is 1. The SMILES string of the molecule is Cc1cc(C(C)C)cc(-c2c3ccc([Si](C)(C)Cc4ccccc4)cc3cc[n+]2C)c1C. The molecule has 4 rings (SSSR count). The summed E-state index contributed by atoms with van der Waals surface area (Å²) in [6.07, 6.45) is 2.23. The Morgan fingerprint density at radius 1 is 0.875 bits per heavy atom. The lowest BCUT2D eigenvalue weighted by Gasteiger charge is -2.24. The van der Waals surface area contributed by atoms with E-state index in [2.05, 4.69) is 125 Å². The summed E-state index contributed by atoms with van der Waals surface area (Å²) < 4.78 is 2.29. The summed E-state index contributed by atoms with van der Waals surface area (Å²) in [5.74, 6) is 0.518. The molecule has 0 amide bonds. The van der Waals surface area contributed by atoms with Crippen LogP contribution in [0.4, 0.5) is 0 Å². The highest BCUT2D eigenvalue weighted by atomic mass is 28.3. The van der Waals surface area contributed by atoms with Crippen LogP contribution in [-0.2, 0) is 13.1 Å². The molecule has 32 heavy (non-hydrogen) atoms. The molecule has 164 valence electrons. The molecule has 0 fully saturated rings. The van der Waals surface area contributed by atoms with Gasteiger partial charge in [0.1, 0.15) is 7.05 Å². The van der Waals surface area contributed by atoms with Gasteiger partial charge in [0.25, 0.3) is 0 Å². The molecule has 0 aliphatic heterocycles. The topological polar surface area (TPSA) is 3.88 Å². The Balaban J connectivity index is 1.85. The van der Waals surface area contributed by atoms with Crippen LogP contribution in [0.3, 0.4) is 0 Å². The van der Waals surface area contributed by atoms with Crippen LogP contribution in [0.1, 0.15) is 42.0 Å². The van der Waals surface area contributed by atoms with Gasteiger partial charge in [-0.3, -0.25) is 0 Å². The van der Waals surface area contributed by atoms with Gasteiger partial charge in [-0.05, 0) is 60.0 Å². The van der Waals surface area contributed by atoms with Gasteiger partial charge in [-0.25, -0.2) is 4.57 Å². The number of aromatic nitrogens is 1. The molecule has 0 aliphatic rings. The first-order valence-electron chi connectivity index (χ1n) is 11.8. The van der Waals surface area contributed by atoms with Gasteiger partial charge < -0.3 is 0 Å². The first-order valence-corrected chi connectivity index (χ1v) is 15.0. The van der Waals surface area contributed by atoms with E-state index in [1.165, 1.54) is 55.5 Å². The minimum Gasteiger partial charge on any atom is -0.200 e. The molecular weight excluding hydrogens is 402 g/mol. The molecule has 1 aromatic heterocycles. The summed E-state index contributed by atoms with van der Waals surface area (Å²) in [5, 5.41) is 4.21. The van der Waals surface area contributed by atoms with Crippen molar-refractivity contribution in [2.24, 2.45) is 7.05 Å². The summed E-state index contributed by atoms with van der Waals surface area (Å²) in [4.78, 5) is 0. The molecule has 3 aromatic carbocycles. The predicted octanol–water partition coefficient (Wildman–Crippen LogP) is 6.77. The van der Waals surface area contributed by atoms with E-state index in [0.29, 0.717) is 5.92 Å². The van der Waals surface area contributed by atoms with E-state index in [1.807, 2.05) is 0 Å². The zero-order chi connectivity index (χ0) is 23.0. The maximum Gasteiger partial charge on any atom is 0.220 e. The summed E-state index contributed by atoms with van der Waals surface area (Å²) in [6, 6.07) is 26.4. The van der Waals surface area contributed by atoms with Gasteiger partial charge in [0.2, 0.25) is 5.69 Å². The van der Waals surface area contributed by atoms with E-state index >= 15 is 0 Å². The summed E-state index contributed by atoms with van der Waals surface area (Å²) in [5.41, 5.74) is 8.28. The molecule has 0 saturated heterocycles. The second kappa shape index (κ2) is 8.67. The number of rotatable bonds is 5. The van der Waals surface area contributed by atoms with E-state index in [1.54, 1.807) is 0 Å². The summed E-state index contributed by atoms with van der Waals surface area (Å²) in [7, 11) is 0.576. The highest BCUT2D eigenvalue weighted by Crippen LogP contribution is 2.32. The minimum absolute atomic E-state index is 0.518. The third kappa shape index (κ3) is 4.29. The van der Waals surface area contributed by atoms with Crippen molar-refractivity contribution in [3.63, 3.8) is 0 Å². The van der Waals surface area contributed by atoms with Crippen molar-refractivity contribution in [3.05, 3.63) is 95.2 Å². The molecule has 0 saturated carbocycles. The first kappa shape index (κ1) is 22.5. The second-order valence-corrected chi connectivity index (χ2v) is 15.0. The van der Waals surface area contributed by atoms with E-state index in [9.17, 15) is 0 Å². The van der Waals surface area contributed by atoms with Crippen molar-refractivity contribution in [2.45, 2.75) is 52.8 Å². The molecule has 1 nitrogen and oxygen atoms in total. The third-order valence-electron chi connectivity index (χ3n) is 7.02. The van der Waals surface area contributed by atoms with E-state index < -0.39 is 8.07 Å². The lowest BCUT2D eigenvalue weighted by atomic mass is 9.91. The Bertz CT molecular complexity index is 1270. The number of aryl methyl sites for hydroxylation is 2. The normalized spacial score (nSPS) is 12.0. The number of benzene rings is 3. The third-order valence-corrected chi connectivity index (χ3v) is 10.2. The van der Waals surface area contributed by atoms with Gasteiger partial charge in [0.15, 0.2) is 6.20 Å². The molecule has 4 aromatic rings. The molecule has 1 heterocycles. The van der Waals surface area contributed by atoms with Crippen LogP contribution in [0.5, 0.6) is 0 Å². The van der Waals surface area contributed by atoms with Gasteiger partial charge in [-0.1, -0.05) is 86.2 Å². The highest BCUT2D eigenvalue weighted by molar-refractivity contribution is 6.89. The highest BCUT2D eigenvalue weighted by Gasteiger charge is 2.26. The number of pyridine rings is 1. The average molecular weight is 439 g/mol. The molecule has 0 aliphatic carbocycles. The largest absolute Gasteiger partial charge is 0.220 e. The molecule has 0 atom stereocenters. The fraction of sp³-hybridized carbons (Fsp3) is 0.300. The van der Waals surface area contributed by atoms with Crippen LogP contribution < -0.4 is 9.75 Å². The van der Waals surface area contributed by atoms with Crippen molar-refractivity contribution < 1.29 is 4.57 Å². The molecule has 0 radical (unpaired) electrons. The van der Waals surface area contributed by atoms with Crippen LogP contribution in [-0.4, -0.2) is 8.07 Å². The molecular formula is C30H36NSi+. The number of hydrogen-bond donors (Lipinski definition) is 0. The molecule has 0 unspecified atom stereocenters. The van der Waals surface area contributed by atoms with Crippen molar-refractivity contribution in [1.82, 2.24) is 0 Å². The van der Waals surface area contributed by atoms with E-state index in [4.69, 9.17) is 0 Å². The lowest BCUT2D eigenvalue weighted by Crippen LogP contribution is -2.44. The van der Waals surface area contributed by atoms with Crippen LogP contribution in [0.2, 0.25) is 13.1 Å². The van der Waals surface area contributed by atoms with Crippen LogP contribution >= 0.6 is 0 Å². The predicted molar refractivity (Wildman–Crippen MR) is 141 cm³/mol. The van der Waals surface area contributed by atoms with Gasteiger partial charge in [0, 0.05) is 6.07 Å². The van der Waals surface area contributed by atoms with Crippen molar-refractivity contribution >= 4 is 24.0 Å². The van der Waals surface area contributed by atoms with Crippen LogP contribution in [0.25, 0.3) is 22.0 Å². The maximum atomic E-state index is 2.49. The average Bonchev–Trinajstić information content (AvgIpc) is 2.76.